The fourth-order valence-corrected chi connectivity index (χ4v) is 1.53. The molecule has 0 radical (unpaired) electrons. The molecule has 0 aliphatic rings. The van der Waals surface area contributed by atoms with E-state index >= 15 is 0 Å². The van der Waals surface area contributed by atoms with E-state index in [4.69, 9.17) is 4.52 Å². The van der Waals surface area contributed by atoms with Crippen molar-refractivity contribution in [3.05, 3.63) is 41.9 Å². The third-order valence-corrected chi connectivity index (χ3v) is 2.69. The Morgan fingerprint density at radius 1 is 1.30 bits per heavy atom. The highest BCUT2D eigenvalue weighted by molar-refractivity contribution is 5.88. The molecule has 2 aromatic rings. The van der Waals surface area contributed by atoms with E-state index in [1.807, 2.05) is 32.9 Å². The number of aromatic nitrogens is 2. The van der Waals surface area contributed by atoms with Crippen LogP contribution in [0.2, 0.25) is 0 Å². The number of urea groups is 1. The molecule has 0 bridgehead atoms. The topological polar surface area (TPSA) is 80.0 Å². The van der Waals surface area contributed by atoms with Crippen LogP contribution in [0, 0.1) is 0 Å². The molecular formula is C14H18N4O2. The summed E-state index contributed by atoms with van der Waals surface area (Å²) in [6, 6.07) is 5.09. The Morgan fingerprint density at radius 3 is 2.60 bits per heavy atom. The predicted molar refractivity (Wildman–Crippen MR) is 75.3 cm³/mol. The first-order valence-electron chi connectivity index (χ1n) is 6.36. The van der Waals surface area contributed by atoms with Gasteiger partial charge in [-0.2, -0.15) is 0 Å². The van der Waals surface area contributed by atoms with Gasteiger partial charge in [0.05, 0.1) is 0 Å². The van der Waals surface area contributed by atoms with Crippen molar-refractivity contribution in [1.29, 1.82) is 0 Å². The van der Waals surface area contributed by atoms with Crippen LogP contribution in [0.1, 0.15) is 32.1 Å². The van der Waals surface area contributed by atoms with Gasteiger partial charge < -0.3 is 9.84 Å². The standard InChI is InChI=1S/C14H18N4O2/c1-14(2,3)11-8-12(18-20-11)17-13(19)16-9-10-4-6-15-7-5-10/h4-8H,9H2,1-3H3,(H2,16,17,18,19). The van der Waals surface area contributed by atoms with Gasteiger partial charge in [0, 0.05) is 30.4 Å². The van der Waals surface area contributed by atoms with Crippen molar-refractivity contribution in [3.8, 4) is 0 Å². The van der Waals surface area contributed by atoms with E-state index in [1.54, 1.807) is 18.5 Å². The summed E-state index contributed by atoms with van der Waals surface area (Å²) in [5.74, 6) is 1.13. The van der Waals surface area contributed by atoms with E-state index < -0.39 is 0 Å². The van der Waals surface area contributed by atoms with Crippen molar-refractivity contribution in [2.24, 2.45) is 0 Å². The lowest BCUT2D eigenvalue weighted by Crippen LogP contribution is -2.28. The van der Waals surface area contributed by atoms with E-state index in [9.17, 15) is 4.79 Å². The Bertz CT molecular complexity index is 572. The minimum Gasteiger partial charge on any atom is -0.359 e. The Labute approximate surface area is 117 Å². The fraction of sp³-hybridized carbons (Fsp3) is 0.357. The third-order valence-electron chi connectivity index (χ3n) is 2.69. The van der Waals surface area contributed by atoms with Gasteiger partial charge in [0.15, 0.2) is 5.82 Å². The summed E-state index contributed by atoms with van der Waals surface area (Å²) in [6.45, 7) is 6.47. The highest BCUT2D eigenvalue weighted by Crippen LogP contribution is 2.24. The highest BCUT2D eigenvalue weighted by Gasteiger charge is 2.20. The van der Waals surface area contributed by atoms with Gasteiger partial charge in [-0.05, 0) is 17.7 Å². The molecule has 2 aromatic heterocycles. The molecule has 6 nitrogen and oxygen atoms in total. The van der Waals surface area contributed by atoms with Crippen LogP contribution in [0.15, 0.2) is 35.1 Å². The second-order valence-corrected chi connectivity index (χ2v) is 5.49. The first-order chi connectivity index (χ1) is 9.45. The summed E-state index contributed by atoms with van der Waals surface area (Å²) in [7, 11) is 0. The van der Waals surface area contributed by atoms with Crippen LogP contribution in [0.5, 0.6) is 0 Å². The molecule has 2 heterocycles. The molecule has 6 heteroatoms. The molecule has 0 saturated heterocycles. The lowest BCUT2D eigenvalue weighted by Gasteiger charge is -2.12. The Hall–Kier alpha value is -2.37. The zero-order chi connectivity index (χ0) is 14.6. The number of anilines is 1. The number of hydrogen-bond acceptors (Lipinski definition) is 4. The highest BCUT2D eigenvalue weighted by atomic mass is 16.5. The second-order valence-electron chi connectivity index (χ2n) is 5.49. The fourth-order valence-electron chi connectivity index (χ4n) is 1.53. The molecular weight excluding hydrogens is 256 g/mol. The smallest absolute Gasteiger partial charge is 0.320 e. The monoisotopic (exact) mass is 274 g/mol. The summed E-state index contributed by atoms with van der Waals surface area (Å²) >= 11 is 0. The van der Waals surface area contributed by atoms with E-state index in [0.717, 1.165) is 11.3 Å². The summed E-state index contributed by atoms with van der Waals surface area (Å²) in [4.78, 5) is 15.6. The minimum atomic E-state index is -0.324. The maximum absolute atomic E-state index is 11.7. The summed E-state index contributed by atoms with van der Waals surface area (Å²) in [5.41, 5.74) is 0.839. The van der Waals surface area contributed by atoms with Crippen LogP contribution in [0.25, 0.3) is 0 Å². The number of hydrogen-bond donors (Lipinski definition) is 2. The number of amides is 2. The van der Waals surface area contributed by atoms with Crippen molar-refractivity contribution < 1.29 is 9.32 Å². The molecule has 0 fully saturated rings. The summed E-state index contributed by atoms with van der Waals surface area (Å²) in [5, 5.41) is 9.19. The molecule has 0 spiro atoms. The lowest BCUT2D eigenvalue weighted by atomic mass is 9.93. The SMILES string of the molecule is CC(C)(C)c1cc(NC(=O)NCc2ccncc2)no1. The molecule has 0 aliphatic carbocycles. The van der Waals surface area contributed by atoms with E-state index in [1.165, 1.54) is 0 Å². The first-order valence-corrected chi connectivity index (χ1v) is 6.36. The van der Waals surface area contributed by atoms with Gasteiger partial charge in [0.2, 0.25) is 0 Å². The molecule has 106 valence electrons. The van der Waals surface area contributed by atoms with Gasteiger partial charge in [-0.1, -0.05) is 25.9 Å². The number of nitrogens with one attached hydrogen (secondary N) is 2. The maximum atomic E-state index is 11.7. The lowest BCUT2D eigenvalue weighted by molar-refractivity contribution is 0.251. The number of nitrogens with zero attached hydrogens (tertiary/aromatic N) is 2. The van der Waals surface area contributed by atoms with Gasteiger partial charge in [-0.25, -0.2) is 4.79 Å². The summed E-state index contributed by atoms with van der Waals surface area (Å²) in [6.07, 6.45) is 3.37. The van der Waals surface area contributed by atoms with Crippen LogP contribution >= 0.6 is 0 Å². The molecule has 2 rings (SSSR count). The molecule has 2 amide bonds. The van der Waals surface area contributed by atoms with Crippen LogP contribution in [0.4, 0.5) is 10.6 Å². The third kappa shape index (κ3) is 3.81. The van der Waals surface area contributed by atoms with Crippen molar-refractivity contribution in [2.75, 3.05) is 5.32 Å². The Balaban J connectivity index is 1.87. The van der Waals surface area contributed by atoms with Gasteiger partial charge in [0.25, 0.3) is 0 Å². The number of rotatable bonds is 3. The minimum absolute atomic E-state index is 0.138. The second kappa shape index (κ2) is 5.73. The van der Waals surface area contributed by atoms with E-state index in [0.29, 0.717) is 12.4 Å². The molecule has 20 heavy (non-hydrogen) atoms. The van der Waals surface area contributed by atoms with Crippen molar-refractivity contribution in [1.82, 2.24) is 15.5 Å². The Morgan fingerprint density at radius 2 is 2.00 bits per heavy atom. The molecule has 0 unspecified atom stereocenters. The summed E-state index contributed by atoms with van der Waals surface area (Å²) < 4.78 is 5.19. The van der Waals surface area contributed by atoms with Gasteiger partial charge in [0.1, 0.15) is 5.76 Å². The van der Waals surface area contributed by atoms with Gasteiger partial charge >= 0.3 is 6.03 Å². The Kier molecular flexibility index (Phi) is 4.02. The van der Waals surface area contributed by atoms with Crippen LogP contribution in [0.3, 0.4) is 0 Å². The van der Waals surface area contributed by atoms with Crippen LogP contribution in [-0.2, 0) is 12.0 Å². The molecule has 2 N–H and O–H groups in total. The van der Waals surface area contributed by atoms with Crippen LogP contribution in [-0.4, -0.2) is 16.2 Å². The van der Waals surface area contributed by atoms with Crippen molar-refractivity contribution >= 4 is 11.8 Å². The van der Waals surface area contributed by atoms with Crippen molar-refractivity contribution in [2.45, 2.75) is 32.7 Å². The normalized spacial score (nSPS) is 11.2. The molecule has 0 aromatic carbocycles. The zero-order valence-corrected chi connectivity index (χ0v) is 11.8. The molecule has 0 aliphatic heterocycles. The average Bonchev–Trinajstić information content (AvgIpc) is 2.86. The largest absolute Gasteiger partial charge is 0.359 e. The molecule has 0 atom stereocenters. The van der Waals surface area contributed by atoms with Gasteiger partial charge in [-0.3, -0.25) is 10.3 Å². The first kappa shape index (κ1) is 14.0. The predicted octanol–water partition coefficient (Wildman–Crippen LogP) is 2.69. The van der Waals surface area contributed by atoms with E-state index in [2.05, 4.69) is 20.8 Å². The maximum Gasteiger partial charge on any atom is 0.320 e. The zero-order valence-electron chi connectivity index (χ0n) is 11.8. The quantitative estimate of drug-likeness (QED) is 0.901. The number of carbonyl (C=O) groups excluding carboxylic acids is 1. The van der Waals surface area contributed by atoms with Crippen molar-refractivity contribution in [3.63, 3.8) is 0 Å². The number of carbonyl (C=O) groups is 1. The number of pyridine rings is 1. The van der Waals surface area contributed by atoms with Gasteiger partial charge in [-0.15, -0.1) is 0 Å². The molecule has 0 saturated carbocycles. The van der Waals surface area contributed by atoms with Crippen LogP contribution < -0.4 is 10.6 Å². The van der Waals surface area contributed by atoms with E-state index in [-0.39, 0.29) is 11.4 Å². The average molecular weight is 274 g/mol.